The fraction of sp³-hybridized carbons (Fsp3) is 0.486. The van der Waals surface area contributed by atoms with Crippen molar-refractivity contribution in [3.05, 3.63) is 103 Å². The van der Waals surface area contributed by atoms with E-state index in [0.717, 1.165) is 64.2 Å². The maximum atomic E-state index is 9.15. The lowest BCUT2D eigenvalue weighted by Gasteiger charge is -2.17. The SMILES string of the molecule is Cc1cc(C)c(CCCc2cc(Cc3cc(CCCCC#N)c(C)cc3C)c(C)cc2C)cc1CCCCO. The highest BCUT2D eigenvalue weighted by Crippen LogP contribution is 2.26. The number of nitrogens with zero attached hydrogens (tertiary/aromatic N) is 1. The van der Waals surface area contributed by atoms with Gasteiger partial charge in [-0.15, -0.1) is 0 Å². The number of unbranched alkanes of at least 4 members (excludes halogenated alkanes) is 3. The molecule has 0 aliphatic rings. The van der Waals surface area contributed by atoms with E-state index in [2.05, 4.69) is 84.0 Å². The summed E-state index contributed by atoms with van der Waals surface area (Å²) >= 11 is 0. The van der Waals surface area contributed by atoms with E-state index in [1.165, 1.54) is 66.8 Å². The van der Waals surface area contributed by atoms with Crippen LogP contribution in [0.3, 0.4) is 0 Å². The van der Waals surface area contributed by atoms with E-state index in [9.17, 15) is 0 Å². The zero-order valence-corrected chi connectivity index (χ0v) is 25.3. The van der Waals surface area contributed by atoms with Crippen LogP contribution >= 0.6 is 0 Å². The minimum atomic E-state index is 0.281. The molecule has 39 heavy (non-hydrogen) atoms. The van der Waals surface area contributed by atoms with Crippen molar-refractivity contribution in [2.75, 3.05) is 6.61 Å². The van der Waals surface area contributed by atoms with E-state index in [-0.39, 0.29) is 6.61 Å². The molecule has 2 nitrogen and oxygen atoms in total. The van der Waals surface area contributed by atoms with Gasteiger partial charge < -0.3 is 5.11 Å². The Morgan fingerprint density at radius 3 is 1.26 bits per heavy atom. The van der Waals surface area contributed by atoms with Crippen molar-refractivity contribution < 1.29 is 5.11 Å². The number of hydrogen-bond donors (Lipinski definition) is 1. The zero-order chi connectivity index (χ0) is 28.4. The summed E-state index contributed by atoms with van der Waals surface area (Å²) in [4.78, 5) is 0. The standard InChI is InChI=1S/C37H49NO/c1-26-19-27(2)34(22-32(26)14-9-11-18-39)15-12-16-35-24-37(31(6)21-29(35)4)25-36-23-33(13-8-7-10-17-38)28(3)20-30(36)5/h19-24,39H,7-16,18,25H2,1-6H3. The lowest BCUT2D eigenvalue weighted by atomic mass is 9.89. The van der Waals surface area contributed by atoms with Gasteiger partial charge in [-0.2, -0.15) is 5.26 Å². The number of benzene rings is 3. The summed E-state index contributed by atoms with van der Waals surface area (Å²) in [5.41, 5.74) is 17.0. The van der Waals surface area contributed by atoms with Crippen LogP contribution in [0, 0.1) is 52.9 Å². The first-order valence-electron chi connectivity index (χ1n) is 15.0. The van der Waals surface area contributed by atoms with Crippen molar-refractivity contribution in [1.82, 2.24) is 0 Å². The number of aliphatic hydroxyl groups is 1. The van der Waals surface area contributed by atoms with Gasteiger partial charge in [-0.05, 0) is 173 Å². The summed E-state index contributed by atoms with van der Waals surface area (Å²) in [7, 11) is 0. The van der Waals surface area contributed by atoms with Crippen LogP contribution in [0.1, 0.15) is 105 Å². The van der Waals surface area contributed by atoms with Gasteiger partial charge in [0.25, 0.3) is 0 Å². The molecule has 0 unspecified atom stereocenters. The lowest BCUT2D eigenvalue weighted by Crippen LogP contribution is -2.02. The summed E-state index contributed by atoms with van der Waals surface area (Å²) in [6, 6.07) is 16.7. The lowest BCUT2D eigenvalue weighted by molar-refractivity contribution is 0.284. The zero-order valence-electron chi connectivity index (χ0n) is 25.3. The van der Waals surface area contributed by atoms with Crippen LogP contribution < -0.4 is 0 Å². The molecule has 3 rings (SSSR count). The second-order valence-corrected chi connectivity index (χ2v) is 11.7. The van der Waals surface area contributed by atoms with E-state index in [0.29, 0.717) is 6.42 Å². The van der Waals surface area contributed by atoms with Crippen molar-refractivity contribution in [2.45, 2.75) is 112 Å². The average Bonchev–Trinajstić information content (AvgIpc) is 2.89. The van der Waals surface area contributed by atoms with E-state index in [4.69, 9.17) is 10.4 Å². The minimum absolute atomic E-state index is 0.281. The maximum absolute atomic E-state index is 9.15. The largest absolute Gasteiger partial charge is 0.396 e. The molecule has 0 fully saturated rings. The van der Waals surface area contributed by atoms with Gasteiger partial charge in [-0.3, -0.25) is 0 Å². The summed E-state index contributed by atoms with van der Waals surface area (Å²) in [5, 5.41) is 18.0. The molecule has 0 spiro atoms. The summed E-state index contributed by atoms with van der Waals surface area (Å²) in [6.45, 7) is 13.7. The molecule has 3 aromatic rings. The van der Waals surface area contributed by atoms with E-state index >= 15 is 0 Å². The Kier molecular flexibility index (Phi) is 11.8. The monoisotopic (exact) mass is 523 g/mol. The second-order valence-electron chi connectivity index (χ2n) is 11.7. The molecule has 3 aromatic carbocycles. The van der Waals surface area contributed by atoms with Crippen LogP contribution in [-0.2, 0) is 32.1 Å². The summed E-state index contributed by atoms with van der Waals surface area (Å²) in [6.07, 6.45) is 11.1. The number of nitriles is 1. The maximum Gasteiger partial charge on any atom is 0.0621 e. The quantitative estimate of drug-likeness (QED) is 0.214. The third kappa shape index (κ3) is 8.81. The first kappa shape index (κ1) is 30.6. The van der Waals surface area contributed by atoms with Gasteiger partial charge >= 0.3 is 0 Å². The van der Waals surface area contributed by atoms with Gasteiger partial charge in [0.1, 0.15) is 0 Å². The molecule has 0 saturated heterocycles. The van der Waals surface area contributed by atoms with Crippen LogP contribution in [-0.4, -0.2) is 11.7 Å². The Morgan fingerprint density at radius 2 is 0.846 bits per heavy atom. The fourth-order valence-electron chi connectivity index (χ4n) is 5.92. The molecule has 0 aromatic heterocycles. The molecule has 0 amide bonds. The van der Waals surface area contributed by atoms with Crippen LogP contribution in [0.15, 0.2) is 36.4 Å². The van der Waals surface area contributed by atoms with Gasteiger partial charge in [0, 0.05) is 13.0 Å². The third-order valence-electron chi connectivity index (χ3n) is 8.50. The molecule has 0 aliphatic carbocycles. The van der Waals surface area contributed by atoms with Crippen molar-refractivity contribution in [3.8, 4) is 6.07 Å². The highest BCUT2D eigenvalue weighted by molar-refractivity contribution is 5.44. The second kappa shape index (κ2) is 15.0. The van der Waals surface area contributed by atoms with Crippen molar-refractivity contribution in [3.63, 3.8) is 0 Å². The van der Waals surface area contributed by atoms with E-state index < -0.39 is 0 Å². The molecular weight excluding hydrogens is 474 g/mol. The van der Waals surface area contributed by atoms with Crippen molar-refractivity contribution in [1.29, 1.82) is 5.26 Å². The molecule has 2 heteroatoms. The smallest absolute Gasteiger partial charge is 0.0621 e. The molecule has 0 radical (unpaired) electrons. The Morgan fingerprint density at radius 1 is 0.487 bits per heavy atom. The molecule has 0 aliphatic heterocycles. The van der Waals surface area contributed by atoms with Gasteiger partial charge in [0.15, 0.2) is 0 Å². The van der Waals surface area contributed by atoms with Gasteiger partial charge in [-0.1, -0.05) is 36.4 Å². The number of rotatable bonds is 14. The van der Waals surface area contributed by atoms with Crippen LogP contribution in [0.2, 0.25) is 0 Å². The van der Waals surface area contributed by atoms with Crippen molar-refractivity contribution in [2.24, 2.45) is 0 Å². The first-order valence-corrected chi connectivity index (χ1v) is 15.0. The van der Waals surface area contributed by atoms with Gasteiger partial charge in [0.05, 0.1) is 6.07 Å². The number of hydrogen-bond acceptors (Lipinski definition) is 2. The predicted octanol–water partition coefficient (Wildman–Crippen LogP) is 8.85. The third-order valence-corrected chi connectivity index (χ3v) is 8.50. The normalized spacial score (nSPS) is 11.1. The predicted molar refractivity (Wildman–Crippen MR) is 166 cm³/mol. The molecule has 208 valence electrons. The number of aliphatic hydroxyl groups excluding tert-OH is 1. The Bertz CT molecular complexity index is 1290. The van der Waals surface area contributed by atoms with Gasteiger partial charge in [0.2, 0.25) is 0 Å². The Balaban J connectivity index is 1.71. The van der Waals surface area contributed by atoms with Gasteiger partial charge in [-0.25, -0.2) is 0 Å². The van der Waals surface area contributed by atoms with Crippen LogP contribution in [0.5, 0.6) is 0 Å². The fourth-order valence-corrected chi connectivity index (χ4v) is 5.92. The summed E-state index contributed by atoms with van der Waals surface area (Å²) in [5.74, 6) is 0. The molecular formula is C37H49NO. The topological polar surface area (TPSA) is 44.0 Å². The van der Waals surface area contributed by atoms with Crippen LogP contribution in [0.25, 0.3) is 0 Å². The van der Waals surface area contributed by atoms with Crippen molar-refractivity contribution >= 4 is 0 Å². The molecule has 1 N–H and O–H groups in total. The van der Waals surface area contributed by atoms with Crippen LogP contribution in [0.4, 0.5) is 0 Å². The molecule has 0 saturated carbocycles. The summed E-state index contributed by atoms with van der Waals surface area (Å²) < 4.78 is 0. The highest BCUT2D eigenvalue weighted by Gasteiger charge is 2.11. The highest BCUT2D eigenvalue weighted by atomic mass is 16.2. The van der Waals surface area contributed by atoms with E-state index in [1.807, 2.05) is 0 Å². The first-order chi connectivity index (χ1) is 18.7. The molecule has 0 bridgehead atoms. The Labute approximate surface area is 238 Å². The minimum Gasteiger partial charge on any atom is -0.396 e. The number of aryl methyl sites for hydroxylation is 10. The Hall–Kier alpha value is -2.89. The molecule has 0 heterocycles. The molecule has 0 atom stereocenters. The van der Waals surface area contributed by atoms with E-state index in [1.54, 1.807) is 0 Å². The average molecular weight is 524 g/mol.